The molecule has 1 aliphatic heterocycles. The Bertz CT molecular complexity index is 1130. The molecule has 2 atom stereocenters. The summed E-state index contributed by atoms with van der Waals surface area (Å²) in [5.41, 5.74) is 1.30. The number of aromatic carboxylic acids is 1. The summed E-state index contributed by atoms with van der Waals surface area (Å²) in [4.78, 5) is 35.3. The van der Waals surface area contributed by atoms with Gasteiger partial charge in [-0.15, -0.1) is 0 Å². The molecule has 1 heterocycles. The van der Waals surface area contributed by atoms with Gasteiger partial charge >= 0.3 is 5.97 Å². The summed E-state index contributed by atoms with van der Waals surface area (Å²) < 4.78 is 5.83. The minimum absolute atomic E-state index is 0.0234. The molecule has 152 valence electrons. The van der Waals surface area contributed by atoms with Gasteiger partial charge in [0, 0.05) is 35.2 Å². The van der Waals surface area contributed by atoms with Crippen molar-refractivity contribution in [2.45, 2.75) is 5.92 Å². The number of fused-ring (bicyclic) bond motifs is 2. The standard InChI is InChI=1S/C22H17NO7/c24-10-20(27)23-11-1-4-14(17(7-11)22(28)29)21-15-5-2-12(25)8-18(15)30-19-9-13(26)3-6-16(19)21/h1-9,15,21,24,26H,10H2,(H,23,27)(H,28,29). The first-order chi connectivity index (χ1) is 14.4. The number of aromatic hydroxyl groups is 1. The van der Waals surface area contributed by atoms with E-state index in [0.717, 1.165) is 0 Å². The first kappa shape index (κ1) is 19.4. The largest absolute Gasteiger partial charge is 0.508 e. The van der Waals surface area contributed by atoms with E-state index >= 15 is 0 Å². The number of rotatable bonds is 4. The lowest BCUT2D eigenvalue weighted by Gasteiger charge is -2.35. The van der Waals surface area contributed by atoms with Gasteiger partial charge < -0.3 is 25.4 Å². The van der Waals surface area contributed by atoms with E-state index < -0.39 is 30.3 Å². The van der Waals surface area contributed by atoms with Crippen molar-refractivity contribution in [2.24, 2.45) is 5.92 Å². The molecule has 2 aromatic carbocycles. The second kappa shape index (κ2) is 7.49. The van der Waals surface area contributed by atoms with Gasteiger partial charge in [-0.1, -0.05) is 18.2 Å². The summed E-state index contributed by atoms with van der Waals surface area (Å²) in [6, 6.07) is 9.01. The van der Waals surface area contributed by atoms with Gasteiger partial charge in [-0.05, 0) is 29.8 Å². The topological polar surface area (TPSA) is 133 Å². The maximum Gasteiger partial charge on any atom is 0.336 e. The van der Waals surface area contributed by atoms with Crippen LogP contribution in [0.4, 0.5) is 5.69 Å². The molecular weight excluding hydrogens is 390 g/mol. The zero-order valence-corrected chi connectivity index (χ0v) is 15.5. The average Bonchev–Trinajstić information content (AvgIpc) is 2.71. The first-order valence-corrected chi connectivity index (χ1v) is 9.10. The number of aliphatic hydroxyl groups excluding tert-OH is 1. The first-order valence-electron chi connectivity index (χ1n) is 9.10. The number of carboxylic acid groups (broad SMARTS) is 1. The minimum Gasteiger partial charge on any atom is -0.508 e. The number of hydrogen-bond donors (Lipinski definition) is 4. The van der Waals surface area contributed by atoms with Crippen molar-refractivity contribution in [1.82, 2.24) is 0 Å². The average molecular weight is 407 g/mol. The molecule has 0 spiro atoms. The number of nitrogens with one attached hydrogen (secondary N) is 1. The Morgan fingerprint density at radius 3 is 2.60 bits per heavy atom. The van der Waals surface area contributed by atoms with Gasteiger partial charge in [-0.2, -0.15) is 0 Å². The molecule has 8 nitrogen and oxygen atoms in total. The van der Waals surface area contributed by atoms with E-state index in [-0.39, 0.29) is 22.8 Å². The van der Waals surface area contributed by atoms with Crippen LogP contribution in [0.3, 0.4) is 0 Å². The van der Waals surface area contributed by atoms with Gasteiger partial charge in [0.2, 0.25) is 5.91 Å². The van der Waals surface area contributed by atoms with Crippen LogP contribution in [0.2, 0.25) is 0 Å². The molecule has 2 aliphatic rings. The lowest BCUT2D eigenvalue weighted by atomic mass is 9.74. The molecule has 2 unspecified atom stereocenters. The number of anilines is 1. The summed E-state index contributed by atoms with van der Waals surface area (Å²) >= 11 is 0. The molecule has 2 aromatic rings. The van der Waals surface area contributed by atoms with Crippen molar-refractivity contribution in [3.05, 3.63) is 77.1 Å². The molecule has 30 heavy (non-hydrogen) atoms. The Balaban J connectivity index is 1.88. The molecule has 4 N–H and O–H groups in total. The molecule has 1 amide bonds. The van der Waals surface area contributed by atoms with E-state index in [4.69, 9.17) is 9.84 Å². The number of carboxylic acids is 1. The third-order valence-corrected chi connectivity index (χ3v) is 5.05. The zero-order chi connectivity index (χ0) is 21.4. The highest BCUT2D eigenvalue weighted by Gasteiger charge is 2.38. The fourth-order valence-corrected chi connectivity index (χ4v) is 3.79. The number of benzene rings is 2. The molecule has 4 rings (SSSR count). The predicted octanol–water partition coefficient (Wildman–Crippen LogP) is 2.18. The predicted molar refractivity (Wildman–Crippen MR) is 105 cm³/mol. The van der Waals surface area contributed by atoms with Crippen LogP contribution in [0, 0.1) is 5.92 Å². The van der Waals surface area contributed by atoms with Crippen molar-refractivity contribution in [2.75, 3.05) is 11.9 Å². The van der Waals surface area contributed by atoms with Crippen LogP contribution in [0.1, 0.15) is 27.4 Å². The van der Waals surface area contributed by atoms with Crippen LogP contribution < -0.4 is 10.1 Å². The molecule has 0 radical (unpaired) electrons. The fourth-order valence-electron chi connectivity index (χ4n) is 3.79. The quantitative estimate of drug-likeness (QED) is 0.610. The van der Waals surface area contributed by atoms with E-state index in [2.05, 4.69) is 5.32 Å². The van der Waals surface area contributed by atoms with Crippen molar-refractivity contribution in [3.8, 4) is 11.5 Å². The van der Waals surface area contributed by atoms with Gasteiger partial charge in [0.05, 0.1) is 5.56 Å². The van der Waals surface area contributed by atoms with Crippen LogP contribution in [-0.4, -0.2) is 39.6 Å². The number of ether oxygens (including phenoxy) is 1. The van der Waals surface area contributed by atoms with Crippen LogP contribution in [0.15, 0.2) is 60.4 Å². The van der Waals surface area contributed by atoms with Crippen molar-refractivity contribution < 1.29 is 34.4 Å². The smallest absolute Gasteiger partial charge is 0.336 e. The highest BCUT2D eigenvalue weighted by Crippen LogP contribution is 2.49. The lowest BCUT2D eigenvalue weighted by Crippen LogP contribution is -2.27. The number of aliphatic hydroxyl groups is 1. The Morgan fingerprint density at radius 2 is 1.87 bits per heavy atom. The molecule has 0 aromatic heterocycles. The molecular formula is C22H17NO7. The Labute approximate surface area is 170 Å². The lowest BCUT2D eigenvalue weighted by molar-refractivity contribution is -0.118. The number of phenolic OH excluding ortho intramolecular Hbond substituents is 1. The van der Waals surface area contributed by atoms with Gasteiger partial charge in [0.1, 0.15) is 23.9 Å². The number of ketones is 1. The van der Waals surface area contributed by atoms with Gasteiger partial charge in [0.25, 0.3) is 0 Å². The zero-order valence-electron chi connectivity index (χ0n) is 15.5. The van der Waals surface area contributed by atoms with Crippen LogP contribution in [0.5, 0.6) is 11.5 Å². The molecule has 8 heteroatoms. The van der Waals surface area contributed by atoms with Crippen molar-refractivity contribution in [1.29, 1.82) is 0 Å². The summed E-state index contributed by atoms with van der Waals surface area (Å²) in [5, 5.41) is 31.0. The normalized spacial score (nSPS) is 19.2. The number of carbonyl (C=O) groups excluding carboxylic acids is 2. The number of carbonyl (C=O) groups is 3. The molecule has 0 bridgehead atoms. The molecule has 0 fully saturated rings. The Hall–Kier alpha value is -3.91. The van der Waals surface area contributed by atoms with Crippen molar-refractivity contribution in [3.63, 3.8) is 0 Å². The summed E-state index contributed by atoms with van der Waals surface area (Å²) in [7, 11) is 0. The van der Waals surface area contributed by atoms with Gasteiger partial charge in [-0.25, -0.2) is 4.79 Å². The van der Waals surface area contributed by atoms with E-state index in [1.807, 2.05) is 0 Å². The Morgan fingerprint density at radius 1 is 1.10 bits per heavy atom. The number of phenols is 1. The van der Waals surface area contributed by atoms with Gasteiger partial charge in [-0.3, -0.25) is 9.59 Å². The maximum absolute atomic E-state index is 12.0. The highest BCUT2D eigenvalue weighted by molar-refractivity contribution is 6.01. The highest BCUT2D eigenvalue weighted by atomic mass is 16.5. The van der Waals surface area contributed by atoms with Gasteiger partial charge in [0.15, 0.2) is 5.78 Å². The second-order valence-electron chi connectivity index (χ2n) is 6.95. The molecule has 0 saturated heterocycles. The van der Waals surface area contributed by atoms with E-state index in [1.165, 1.54) is 30.4 Å². The SMILES string of the molecule is O=C1C=CC2C(=C1)Oc1cc(O)ccc1C2c1ccc(NC(=O)CO)cc1C(=O)O. The maximum atomic E-state index is 12.0. The number of amides is 1. The second-order valence-corrected chi connectivity index (χ2v) is 6.95. The number of hydrogen-bond acceptors (Lipinski definition) is 6. The molecule has 1 aliphatic carbocycles. The van der Waals surface area contributed by atoms with E-state index in [1.54, 1.807) is 24.3 Å². The summed E-state index contributed by atoms with van der Waals surface area (Å²) in [6.45, 7) is -0.726. The summed E-state index contributed by atoms with van der Waals surface area (Å²) in [6.07, 6.45) is 4.43. The monoisotopic (exact) mass is 407 g/mol. The van der Waals surface area contributed by atoms with Crippen LogP contribution >= 0.6 is 0 Å². The molecule has 0 saturated carbocycles. The number of allylic oxidation sites excluding steroid dienone is 3. The van der Waals surface area contributed by atoms with Crippen LogP contribution in [-0.2, 0) is 9.59 Å². The van der Waals surface area contributed by atoms with Crippen molar-refractivity contribution >= 4 is 23.3 Å². The van der Waals surface area contributed by atoms with E-state index in [9.17, 15) is 24.6 Å². The third kappa shape index (κ3) is 3.44. The third-order valence-electron chi connectivity index (χ3n) is 5.05. The summed E-state index contributed by atoms with van der Waals surface area (Å²) in [5.74, 6) is -2.36. The fraction of sp³-hybridized carbons (Fsp3) is 0.136. The Kier molecular flexibility index (Phi) is 4.85. The van der Waals surface area contributed by atoms with E-state index in [0.29, 0.717) is 22.6 Å². The minimum atomic E-state index is -1.20. The van der Waals surface area contributed by atoms with Crippen LogP contribution in [0.25, 0.3) is 0 Å².